The van der Waals surface area contributed by atoms with Crippen LogP contribution >= 0.6 is 0 Å². The van der Waals surface area contributed by atoms with Gasteiger partial charge in [0.2, 0.25) is 0 Å². The van der Waals surface area contributed by atoms with E-state index in [1.807, 2.05) is 50.1 Å². The molecule has 0 spiro atoms. The molecule has 1 aliphatic carbocycles. The highest BCUT2D eigenvalue weighted by atomic mass is 16.4. The first kappa shape index (κ1) is 13.1. The predicted molar refractivity (Wildman–Crippen MR) is 71.6 cm³/mol. The SMILES string of the molecule is CCC(C(=O)O)(c1ccc(C)cc1)N(C)C1CC1. The Hall–Kier alpha value is -1.35. The average molecular weight is 247 g/mol. The van der Waals surface area contributed by atoms with E-state index in [1.165, 1.54) is 0 Å². The molecule has 1 atom stereocenters. The third kappa shape index (κ3) is 2.03. The molecule has 0 aromatic heterocycles. The molecule has 0 bridgehead atoms. The minimum absolute atomic E-state index is 0.419. The molecule has 0 aliphatic heterocycles. The summed E-state index contributed by atoms with van der Waals surface area (Å²) in [5.41, 5.74) is 1.16. The van der Waals surface area contributed by atoms with Crippen molar-refractivity contribution in [3.63, 3.8) is 0 Å². The number of carboxylic acid groups (broad SMARTS) is 1. The van der Waals surface area contributed by atoms with Gasteiger partial charge in [0.25, 0.3) is 0 Å². The number of aliphatic carboxylic acids is 1. The molecule has 0 amide bonds. The first-order chi connectivity index (χ1) is 8.52. The van der Waals surface area contributed by atoms with Crippen molar-refractivity contribution in [2.45, 2.75) is 44.7 Å². The number of benzene rings is 1. The smallest absolute Gasteiger partial charge is 0.328 e. The molecular formula is C15H21NO2. The zero-order valence-corrected chi connectivity index (χ0v) is 11.3. The zero-order chi connectivity index (χ0) is 13.3. The predicted octanol–water partition coefficient (Wildman–Crippen LogP) is 2.78. The van der Waals surface area contributed by atoms with Gasteiger partial charge in [-0.1, -0.05) is 36.8 Å². The van der Waals surface area contributed by atoms with E-state index in [-0.39, 0.29) is 0 Å². The molecule has 3 nitrogen and oxygen atoms in total. The molecule has 3 heteroatoms. The fourth-order valence-electron chi connectivity index (χ4n) is 2.69. The van der Waals surface area contributed by atoms with Crippen LogP contribution in [0.15, 0.2) is 24.3 Å². The molecule has 1 N–H and O–H groups in total. The Morgan fingerprint density at radius 1 is 1.39 bits per heavy atom. The first-order valence-corrected chi connectivity index (χ1v) is 6.56. The summed E-state index contributed by atoms with van der Waals surface area (Å²) in [6.07, 6.45) is 2.80. The van der Waals surface area contributed by atoms with Crippen LogP contribution in [0, 0.1) is 6.92 Å². The van der Waals surface area contributed by atoms with E-state index in [1.54, 1.807) is 0 Å². The number of hydrogen-bond donors (Lipinski definition) is 1. The van der Waals surface area contributed by atoms with Crippen LogP contribution in [0.1, 0.15) is 37.3 Å². The number of rotatable bonds is 5. The summed E-state index contributed by atoms with van der Waals surface area (Å²) in [6, 6.07) is 8.30. The topological polar surface area (TPSA) is 40.5 Å². The minimum atomic E-state index is -0.880. The fourth-order valence-corrected chi connectivity index (χ4v) is 2.69. The second kappa shape index (κ2) is 4.73. The molecule has 1 aromatic rings. The molecule has 0 heterocycles. The minimum Gasteiger partial charge on any atom is -0.480 e. The highest BCUT2D eigenvalue weighted by Crippen LogP contribution is 2.39. The van der Waals surface area contributed by atoms with E-state index in [0.717, 1.165) is 24.0 Å². The van der Waals surface area contributed by atoms with Crippen LogP contribution in [0.2, 0.25) is 0 Å². The Kier molecular flexibility index (Phi) is 3.44. The van der Waals surface area contributed by atoms with Crippen LogP contribution in [0.4, 0.5) is 0 Å². The molecule has 1 aromatic carbocycles. The van der Waals surface area contributed by atoms with Gasteiger partial charge in [0.1, 0.15) is 5.54 Å². The summed E-state index contributed by atoms with van der Waals surface area (Å²) < 4.78 is 0. The van der Waals surface area contributed by atoms with E-state index >= 15 is 0 Å². The van der Waals surface area contributed by atoms with E-state index in [4.69, 9.17) is 0 Å². The normalized spacial score (nSPS) is 18.7. The number of nitrogens with zero attached hydrogens (tertiary/aromatic N) is 1. The highest BCUT2D eigenvalue weighted by molar-refractivity contribution is 5.81. The molecule has 1 unspecified atom stereocenters. The van der Waals surface area contributed by atoms with Crippen LogP contribution in [0.3, 0.4) is 0 Å². The van der Waals surface area contributed by atoms with Crippen LogP contribution in [-0.2, 0) is 10.3 Å². The highest BCUT2D eigenvalue weighted by Gasteiger charge is 2.47. The average Bonchev–Trinajstić information content (AvgIpc) is 3.16. The van der Waals surface area contributed by atoms with Gasteiger partial charge in [0.05, 0.1) is 0 Å². The molecule has 98 valence electrons. The van der Waals surface area contributed by atoms with Crippen LogP contribution in [0.5, 0.6) is 0 Å². The second-order valence-corrected chi connectivity index (χ2v) is 5.23. The number of carboxylic acids is 1. The van der Waals surface area contributed by atoms with Crippen LogP contribution in [-0.4, -0.2) is 29.1 Å². The van der Waals surface area contributed by atoms with Gasteiger partial charge in [-0.25, -0.2) is 4.79 Å². The Balaban J connectivity index is 2.46. The van der Waals surface area contributed by atoms with Crippen molar-refractivity contribution in [2.75, 3.05) is 7.05 Å². The number of carbonyl (C=O) groups is 1. The lowest BCUT2D eigenvalue weighted by Crippen LogP contribution is -2.50. The number of likely N-dealkylation sites (N-methyl/N-ethyl adjacent to an activating group) is 1. The fraction of sp³-hybridized carbons (Fsp3) is 0.533. The van der Waals surface area contributed by atoms with Crippen molar-refractivity contribution in [3.05, 3.63) is 35.4 Å². The van der Waals surface area contributed by atoms with Gasteiger partial charge >= 0.3 is 5.97 Å². The van der Waals surface area contributed by atoms with E-state index in [0.29, 0.717) is 12.5 Å². The van der Waals surface area contributed by atoms with Crippen molar-refractivity contribution >= 4 is 5.97 Å². The maximum atomic E-state index is 11.9. The van der Waals surface area contributed by atoms with Crippen molar-refractivity contribution in [1.29, 1.82) is 0 Å². The van der Waals surface area contributed by atoms with Gasteiger partial charge in [-0.05, 0) is 38.8 Å². The maximum absolute atomic E-state index is 11.9. The second-order valence-electron chi connectivity index (χ2n) is 5.23. The first-order valence-electron chi connectivity index (χ1n) is 6.56. The van der Waals surface area contributed by atoms with E-state index in [9.17, 15) is 9.90 Å². The lowest BCUT2D eigenvalue weighted by Gasteiger charge is -2.38. The molecule has 0 radical (unpaired) electrons. The van der Waals surface area contributed by atoms with E-state index in [2.05, 4.69) is 0 Å². The summed E-state index contributed by atoms with van der Waals surface area (Å²) in [5, 5.41) is 9.75. The van der Waals surface area contributed by atoms with Gasteiger partial charge < -0.3 is 5.11 Å². The molecule has 1 saturated carbocycles. The van der Waals surface area contributed by atoms with Crippen molar-refractivity contribution in [3.8, 4) is 0 Å². The molecular weight excluding hydrogens is 226 g/mol. The van der Waals surface area contributed by atoms with E-state index < -0.39 is 11.5 Å². The Labute approximate surface area is 108 Å². The summed E-state index contributed by atoms with van der Waals surface area (Å²) in [4.78, 5) is 13.9. The molecule has 1 fully saturated rings. The number of aryl methyl sites for hydroxylation is 1. The maximum Gasteiger partial charge on any atom is 0.328 e. The zero-order valence-electron chi connectivity index (χ0n) is 11.3. The summed E-state index contributed by atoms with van der Waals surface area (Å²) in [6.45, 7) is 3.97. The van der Waals surface area contributed by atoms with Crippen molar-refractivity contribution in [2.24, 2.45) is 0 Å². The van der Waals surface area contributed by atoms with Crippen molar-refractivity contribution < 1.29 is 9.90 Å². The third-order valence-corrected chi connectivity index (χ3v) is 4.09. The van der Waals surface area contributed by atoms with Crippen LogP contribution < -0.4 is 0 Å². The van der Waals surface area contributed by atoms with Gasteiger partial charge in [0.15, 0.2) is 0 Å². The molecule has 0 saturated heterocycles. The Morgan fingerprint density at radius 3 is 2.33 bits per heavy atom. The third-order valence-electron chi connectivity index (χ3n) is 4.09. The lowest BCUT2D eigenvalue weighted by molar-refractivity contribution is -0.152. The lowest BCUT2D eigenvalue weighted by atomic mass is 9.85. The standard InChI is InChI=1S/C15H21NO2/c1-4-15(14(17)18,16(3)13-9-10-13)12-7-5-11(2)6-8-12/h5-8,13H,4,9-10H2,1-3H3,(H,17,18). The quantitative estimate of drug-likeness (QED) is 0.869. The van der Waals surface area contributed by atoms with Crippen molar-refractivity contribution in [1.82, 2.24) is 4.90 Å². The van der Waals surface area contributed by atoms with Gasteiger partial charge in [-0.2, -0.15) is 0 Å². The molecule has 1 aliphatic rings. The molecule has 18 heavy (non-hydrogen) atoms. The van der Waals surface area contributed by atoms with Gasteiger partial charge in [0, 0.05) is 6.04 Å². The Bertz CT molecular complexity index is 436. The Morgan fingerprint density at radius 2 is 1.94 bits per heavy atom. The number of hydrogen-bond acceptors (Lipinski definition) is 2. The summed E-state index contributed by atoms with van der Waals surface area (Å²) in [7, 11) is 1.94. The summed E-state index contributed by atoms with van der Waals surface area (Å²) in [5.74, 6) is -0.747. The largest absolute Gasteiger partial charge is 0.480 e. The summed E-state index contributed by atoms with van der Waals surface area (Å²) >= 11 is 0. The van der Waals surface area contributed by atoms with Crippen LogP contribution in [0.25, 0.3) is 0 Å². The van der Waals surface area contributed by atoms with Gasteiger partial charge in [-0.15, -0.1) is 0 Å². The monoisotopic (exact) mass is 247 g/mol. The van der Waals surface area contributed by atoms with Gasteiger partial charge in [-0.3, -0.25) is 4.90 Å². The molecule has 2 rings (SSSR count).